The molecule has 0 unspecified atom stereocenters. The van der Waals surface area contributed by atoms with E-state index in [2.05, 4.69) is 40.7 Å². The summed E-state index contributed by atoms with van der Waals surface area (Å²) in [6.07, 6.45) is -0.154. The monoisotopic (exact) mass is 304 g/mol. The maximum atomic E-state index is 9.92. The average Bonchev–Trinajstić information content (AvgIpc) is 2.82. The molecule has 0 N–H and O–H groups in total. The normalized spacial score (nSPS) is 23.7. The fraction of sp³-hybridized carbons (Fsp3) is 0.368. The average molecular weight is 304 g/mol. The van der Waals surface area contributed by atoms with Crippen LogP contribution in [0.1, 0.15) is 31.3 Å². The molecule has 4 heteroatoms. The zero-order valence-corrected chi connectivity index (χ0v) is 14.2. The highest BCUT2D eigenvalue weighted by Crippen LogP contribution is 2.50. The van der Waals surface area contributed by atoms with Gasteiger partial charge in [-0.05, 0) is 52.1 Å². The molecule has 0 bridgehead atoms. The third kappa shape index (κ3) is 1.79. The minimum atomic E-state index is -0.754. The van der Waals surface area contributed by atoms with Crippen molar-refractivity contribution in [2.45, 2.75) is 26.9 Å². The molecule has 4 nitrogen and oxygen atoms in total. The Bertz CT molecular complexity index is 917. The lowest BCUT2D eigenvalue weighted by Crippen LogP contribution is -2.43. The van der Waals surface area contributed by atoms with Crippen molar-refractivity contribution >= 4 is 16.5 Å². The molecule has 2 aromatic rings. The zero-order valence-electron chi connectivity index (χ0n) is 14.2. The summed E-state index contributed by atoms with van der Waals surface area (Å²) >= 11 is 0. The van der Waals surface area contributed by atoms with Gasteiger partial charge in [-0.25, -0.2) is 0 Å². The van der Waals surface area contributed by atoms with E-state index in [1.54, 1.807) is 0 Å². The van der Waals surface area contributed by atoms with Crippen molar-refractivity contribution in [3.05, 3.63) is 41.1 Å². The molecule has 0 saturated heterocycles. The van der Waals surface area contributed by atoms with Gasteiger partial charge < -0.3 is 4.57 Å². The Morgan fingerprint density at radius 3 is 2.39 bits per heavy atom. The SMILES string of the molecule is CC1=C(C#N)c2c(C)c3ccccc3n2[C@@H](N(C)C)[C@@]1(C)C#N. The Balaban J connectivity index is 2.55. The topological polar surface area (TPSA) is 55.8 Å². The molecular weight excluding hydrogens is 284 g/mol. The van der Waals surface area contributed by atoms with Crippen molar-refractivity contribution in [3.63, 3.8) is 0 Å². The van der Waals surface area contributed by atoms with Crippen molar-refractivity contribution in [3.8, 4) is 12.1 Å². The summed E-state index contributed by atoms with van der Waals surface area (Å²) in [5.41, 5.74) is 3.83. The molecule has 0 saturated carbocycles. The van der Waals surface area contributed by atoms with Crippen molar-refractivity contribution in [2.75, 3.05) is 14.1 Å². The number of rotatable bonds is 1. The van der Waals surface area contributed by atoms with E-state index in [1.807, 2.05) is 40.1 Å². The maximum absolute atomic E-state index is 9.92. The molecule has 3 rings (SSSR count). The van der Waals surface area contributed by atoms with Crippen LogP contribution in [-0.2, 0) is 0 Å². The maximum Gasteiger partial charge on any atom is 0.111 e. The Morgan fingerprint density at radius 1 is 1.17 bits per heavy atom. The smallest absolute Gasteiger partial charge is 0.111 e. The van der Waals surface area contributed by atoms with Crippen LogP contribution in [0.3, 0.4) is 0 Å². The summed E-state index contributed by atoms with van der Waals surface area (Å²) in [5, 5.41) is 20.8. The van der Waals surface area contributed by atoms with Crippen LogP contribution in [0.4, 0.5) is 0 Å². The van der Waals surface area contributed by atoms with Gasteiger partial charge in [0.05, 0.1) is 22.9 Å². The van der Waals surface area contributed by atoms with Gasteiger partial charge in [0.2, 0.25) is 0 Å². The van der Waals surface area contributed by atoms with Crippen LogP contribution in [0.5, 0.6) is 0 Å². The van der Waals surface area contributed by atoms with E-state index in [1.165, 1.54) is 0 Å². The molecule has 0 amide bonds. The van der Waals surface area contributed by atoms with E-state index in [-0.39, 0.29) is 6.17 Å². The fourth-order valence-electron chi connectivity index (χ4n) is 3.91. The third-order valence-electron chi connectivity index (χ3n) is 5.15. The lowest BCUT2D eigenvalue weighted by molar-refractivity contribution is 0.125. The van der Waals surface area contributed by atoms with Gasteiger partial charge >= 0.3 is 0 Å². The summed E-state index contributed by atoms with van der Waals surface area (Å²) in [4.78, 5) is 2.07. The highest BCUT2D eigenvalue weighted by atomic mass is 15.3. The molecule has 1 aliphatic heterocycles. The second-order valence-electron chi connectivity index (χ2n) is 6.62. The number of allylic oxidation sites excluding steroid dienone is 1. The van der Waals surface area contributed by atoms with Gasteiger partial charge in [0.15, 0.2) is 0 Å². The van der Waals surface area contributed by atoms with E-state index in [0.717, 1.165) is 27.7 Å². The number of hydrogen-bond donors (Lipinski definition) is 0. The van der Waals surface area contributed by atoms with Crippen LogP contribution in [0.15, 0.2) is 29.8 Å². The van der Waals surface area contributed by atoms with Gasteiger partial charge in [-0.3, -0.25) is 4.90 Å². The lowest BCUT2D eigenvalue weighted by atomic mass is 9.75. The minimum absolute atomic E-state index is 0.154. The Morgan fingerprint density at radius 2 is 1.83 bits per heavy atom. The lowest BCUT2D eigenvalue weighted by Gasteiger charge is -2.43. The summed E-state index contributed by atoms with van der Waals surface area (Å²) in [5.74, 6) is 0. The fourth-order valence-corrected chi connectivity index (χ4v) is 3.91. The first-order valence-electron chi connectivity index (χ1n) is 7.67. The predicted octanol–water partition coefficient (Wildman–Crippen LogP) is 3.85. The molecule has 0 fully saturated rings. The molecular formula is C19H20N4. The van der Waals surface area contributed by atoms with Crippen LogP contribution >= 0.6 is 0 Å². The molecule has 0 radical (unpaired) electrons. The van der Waals surface area contributed by atoms with E-state index < -0.39 is 5.41 Å². The standard InChI is InChI=1S/C19H20N4/c1-12-14-8-6-7-9-16(14)23-17(12)15(10-20)13(2)19(3,11-21)18(23)22(4)5/h6-9,18H,1-5H3/t18-,19+/m1/s1. The molecule has 1 aromatic carbocycles. The second kappa shape index (κ2) is 4.98. The van der Waals surface area contributed by atoms with E-state index >= 15 is 0 Å². The zero-order chi connectivity index (χ0) is 16.9. The van der Waals surface area contributed by atoms with Gasteiger partial charge in [0.25, 0.3) is 0 Å². The summed E-state index contributed by atoms with van der Waals surface area (Å²) in [6.45, 7) is 5.90. The minimum Gasteiger partial charge on any atom is -0.321 e. The Kier molecular flexibility index (Phi) is 3.32. The second-order valence-corrected chi connectivity index (χ2v) is 6.62. The third-order valence-corrected chi connectivity index (χ3v) is 5.15. The summed E-state index contributed by atoms with van der Waals surface area (Å²) in [7, 11) is 3.97. The van der Waals surface area contributed by atoms with Crippen molar-refractivity contribution in [1.29, 1.82) is 10.5 Å². The first-order valence-corrected chi connectivity index (χ1v) is 7.67. The highest BCUT2D eigenvalue weighted by Gasteiger charge is 2.46. The van der Waals surface area contributed by atoms with Crippen LogP contribution in [0.25, 0.3) is 16.5 Å². The van der Waals surface area contributed by atoms with Crippen molar-refractivity contribution in [2.24, 2.45) is 5.41 Å². The van der Waals surface area contributed by atoms with E-state index in [0.29, 0.717) is 5.57 Å². The van der Waals surface area contributed by atoms with Crippen LogP contribution in [0.2, 0.25) is 0 Å². The summed E-state index contributed by atoms with van der Waals surface area (Å²) < 4.78 is 2.17. The van der Waals surface area contributed by atoms with Gasteiger partial charge in [-0.2, -0.15) is 10.5 Å². The van der Waals surface area contributed by atoms with Crippen LogP contribution < -0.4 is 0 Å². The quantitative estimate of drug-likeness (QED) is 0.804. The first kappa shape index (κ1) is 15.3. The molecule has 1 aliphatic rings. The number of hydrogen-bond acceptors (Lipinski definition) is 3. The van der Waals surface area contributed by atoms with Gasteiger partial charge in [0, 0.05) is 5.39 Å². The van der Waals surface area contributed by atoms with E-state index in [9.17, 15) is 10.5 Å². The van der Waals surface area contributed by atoms with Gasteiger partial charge in [0.1, 0.15) is 17.6 Å². The van der Waals surface area contributed by atoms with Crippen LogP contribution in [0, 0.1) is 35.0 Å². The molecule has 0 spiro atoms. The molecule has 2 heterocycles. The number of nitrogens with zero attached hydrogens (tertiary/aromatic N) is 4. The number of para-hydroxylation sites is 1. The largest absolute Gasteiger partial charge is 0.321 e. The molecule has 1 aromatic heterocycles. The number of nitriles is 2. The number of aromatic nitrogens is 1. The van der Waals surface area contributed by atoms with Gasteiger partial charge in [-0.15, -0.1) is 0 Å². The van der Waals surface area contributed by atoms with Gasteiger partial charge in [-0.1, -0.05) is 18.2 Å². The molecule has 116 valence electrons. The predicted molar refractivity (Wildman–Crippen MR) is 91.3 cm³/mol. The van der Waals surface area contributed by atoms with E-state index in [4.69, 9.17) is 0 Å². The number of fused-ring (bicyclic) bond motifs is 3. The Hall–Kier alpha value is -2.56. The Labute approximate surface area is 136 Å². The molecule has 2 atom stereocenters. The van der Waals surface area contributed by atoms with Crippen molar-refractivity contribution < 1.29 is 0 Å². The van der Waals surface area contributed by atoms with Crippen molar-refractivity contribution in [1.82, 2.24) is 9.47 Å². The highest BCUT2D eigenvalue weighted by molar-refractivity contribution is 5.94. The molecule has 23 heavy (non-hydrogen) atoms. The number of aryl methyl sites for hydroxylation is 1. The molecule has 0 aliphatic carbocycles. The van der Waals surface area contributed by atoms with Crippen LogP contribution in [-0.4, -0.2) is 23.6 Å². The summed E-state index contributed by atoms with van der Waals surface area (Å²) in [6, 6.07) is 13.0. The number of benzene rings is 1. The first-order chi connectivity index (χ1) is 10.9.